The van der Waals surface area contributed by atoms with Crippen molar-refractivity contribution in [1.82, 2.24) is 10.2 Å². The number of benzene rings is 1. The molecule has 0 aromatic heterocycles. The minimum absolute atomic E-state index is 0. The maximum atomic E-state index is 13.5. The molecule has 0 bridgehead atoms. The van der Waals surface area contributed by atoms with E-state index in [2.05, 4.69) is 5.32 Å². The summed E-state index contributed by atoms with van der Waals surface area (Å²) < 4.78 is 14.0. The third-order valence-electron chi connectivity index (χ3n) is 3.34. The topological polar surface area (TPSA) is 32.3 Å². The molecule has 106 valence electrons. The van der Waals surface area contributed by atoms with E-state index >= 15 is 0 Å². The first kappa shape index (κ1) is 16.7. The molecular weight excluding hydrogens is 382 g/mol. The van der Waals surface area contributed by atoms with Gasteiger partial charge in [0.25, 0.3) is 5.91 Å². The summed E-state index contributed by atoms with van der Waals surface area (Å²) in [5.41, 5.74) is 0.425. The van der Waals surface area contributed by atoms with Gasteiger partial charge in [0, 0.05) is 22.2 Å². The van der Waals surface area contributed by atoms with Crippen LogP contribution in [0.1, 0.15) is 23.2 Å². The van der Waals surface area contributed by atoms with Gasteiger partial charge >= 0.3 is 0 Å². The largest absolute Gasteiger partial charge is 0.339 e. The number of piperidine rings is 1. The van der Waals surface area contributed by atoms with E-state index in [0.717, 1.165) is 25.9 Å². The van der Waals surface area contributed by atoms with Crippen LogP contribution in [0.4, 0.5) is 4.39 Å². The van der Waals surface area contributed by atoms with Crippen molar-refractivity contribution < 1.29 is 9.18 Å². The number of carbonyl (C=O) groups excluding carboxylic acids is 1. The highest BCUT2D eigenvalue weighted by Gasteiger charge is 2.23. The molecule has 6 heteroatoms. The summed E-state index contributed by atoms with van der Waals surface area (Å²) in [6.45, 7) is 1.87. The van der Waals surface area contributed by atoms with Crippen LogP contribution in [0, 0.1) is 9.39 Å². The minimum Gasteiger partial charge on any atom is -0.339 e. The molecular formula is C13H17ClFIN2O. The van der Waals surface area contributed by atoms with Gasteiger partial charge in [-0.05, 0) is 66.7 Å². The maximum Gasteiger partial charge on any atom is 0.253 e. The number of rotatable bonds is 2. The number of nitrogens with one attached hydrogen (secondary N) is 1. The standard InChI is InChI=1S/C13H16FIN2O.ClH/c1-17(10-4-6-16-7-5-10)13(18)9-2-3-12(15)11(14)8-9;/h2-3,8,10,16H,4-7H2,1H3;1H. The predicted octanol–water partition coefficient (Wildman–Crippen LogP) is 2.68. The Labute approximate surface area is 132 Å². The third kappa shape index (κ3) is 4.03. The fourth-order valence-corrected chi connectivity index (χ4v) is 2.53. The summed E-state index contributed by atoms with van der Waals surface area (Å²) in [7, 11) is 1.80. The molecule has 1 aliphatic heterocycles. The molecule has 1 amide bonds. The molecule has 2 rings (SSSR count). The summed E-state index contributed by atoms with van der Waals surface area (Å²) in [5, 5.41) is 3.27. The Bertz CT molecular complexity index is 452. The Morgan fingerprint density at radius 2 is 2.05 bits per heavy atom. The highest BCUT2D eigenvalue weighted by atomic mass is 127. The Morgan fingerprint density at radius 1 is 1.42 bits per heavy atom. The van der Waals surface area contributed by atoms with E-state index in [0.29, 0.717) is 9.13 Å². The Balaban J connectivity index is 0.00000180. The Hall–Kier alpha value is -0.400. The first-order chi connectivity index (χ1) is 8.59. The molecule has 1 aromatic carbocycles. The molecule has 1 N–H and O–H groups in total. The average molecular weight is 399 g/mol. The van der Waals surface area contributed by atoms with Crippen LogP contribution in [-0.2, 0) is 0 Å². The molecule has 1 aliphatic rings. The quantitative estimate of drug-likeness (QED) is 0.777. The van der Waals surface area contributed by atoms with Crippen LogP contribution in [0.2, 0.25) is 0 Å². The first-order valence-corrected chi connectivity index (χ1v) is 7.10. The highest BCUT2D eigenvalue weighted by Crippen LogP contribution is 2.17. The number of hydrogen-bond donors (Lipinski definition) is 1. The van der Waals surface area contributed by atoms with Crippen molar-refractivity contribution in [2.45, 2.75) is 18.9 Å². The van der Waals surface area contributed by atoms with Crippen LogP contribution in [0.25, 0.3) is 0 Å². The number of halogens is 3. The molecule has 1 fully saturated rings. The van der Waals surface area contributed by atoms with Crippen LogP contribution in [0.5, 0.6) is 0 Å². The Morgan fingerprint density at radius 3 is 2.63 bits per heavy atom. The van der Waals surface area contributed by atoms with Crippen LogP contribution < -0.4 is 5.32 Å². The van der Waals surface area contributed by atoms with Gasteiger partial charge < -0.3 is 10.2 Å². The van der Waals surface area contributed by atoms with Crippen molar-refractivity contribution in [2.75, 3.05) is 20.1 Å². The van der Waals surface area contributed by atoms with Crippen molar-refractivity contribution in [1.29, 1.82) is 0 Å². The SMILES string of the molecule is CN(C(=O)c1ccc(I)c(F)c1)C1CCNCC1.Cl. The maximum absolute atomic E-state index is 13.5. The average Bonchev–Trinajstić information content (AvgIpc) is 2.41. The van der Waals surface area contributed by atoms with Crippen molar-refractivity contribution in [3.8, 4) is 0 Å². The van der Waals surface area contributed by atoms with E-state index in [9.17, 15) is 9.18 Å². The zero-order valence-corrected chi connectivity index (χ0v) is 13.6. The van der Waals surface area contributed by atoms with E-state index in [4.69, 9.17) is 0 Å². The second-order valence-electron chi connectivity index (χ2n) is 4.53. The first-order valence-electron chi connectivity index (χ1n) is 6.02. The Kier molecular flexibility index (Phi) is 6.49. The van der Waals surface area contributed by atoms with Crippen molar-refractivity contribution >= 4 is 40.9 Å². The third-order valence-corrected chi connectivity index (χ3v) is 4.22. The van der Waals surface area contributed by atoms with Gasteiger partial charge in [0.2, 0.25) is 0 Å². The molecule has 0 aliphatic carbocycles. The summed E-state index contributed by atoms with van der Waals surface area (Å²) >= 11 is 1.92. The van der Waals surface area contributed by atoms with E-state index in [1.54, 1.807) is 24.1 Å². The zero-order chi connectivity index (χ0) is 13.1. The molecule has 1 aromatic rings. The molecule has 0 unspecified atom stereocenters. The van der Waals surface area contributed by atoms with Crippen LogP contribution in [0.3, 0.4) is 0 Å². The lowest BCUT2D eigenvalue weighted by Gasteiger charge is -2.31. The van der Waals surface area contributed by atoms with Crippen LogP contribution >= 0.6 is 35.0 Å². The van der Waals surface area contributed by atoms with Crippen LogP contribution in [0.15, 0.2) is 18.2 Å². The number of hydrogen-bond acceptors (Lipinski definition) is 2. The van der Waals surface area contributed by atoms with E-state index < -0.39 is 0 Å². The van der Waals surface area contributed by atoms with Gasteiger partial charge in [0.05, 0.1) is 0 Å². The van der Waals surface area contributed by atoms with Gasteiger partial charge in [-0.25, -0.2) is 4.39 Å². The molecule has 1 heterocycles. The molecule has 3 nitrogen and oxygen atoms in total. The number of carbonyl (C=O) groups is 1. The molecule has 19 heavy (non-hydrogen) atoms. The van der Waals surface area contributed by atoms with E-state index in [1.807, 2.05) is 22.6 Å². The van der Waals surface area contributed by atoms with Gasteiger partial charge in [-0.2, -0.15) is 0 Å². The highest BCUT2D eigenvalue weighted by molar-refractivity contribution is 14.1. The van der Waals surface area contributed by atoms with Gasteiger partial charge in [0.15, 0.2) is 0 Å². The van der Waals surface area contributed by atoms with E-state index in [1.165, 1.54) is 6.07 Å². The van der Waals surface area contributed by atoms with Crippen molar-refractivity contribution in [3.05, 3.63) is 33.1 Å². The summed E-state index contributed by atoms with van der Waals surface area (Å²) in [6.07, 6.45) is 1.91. The normalized spacial score (nSPS) is 15.7. The fourth-order valence-electron chi connectivity index (χ4n) is 2.19. The summed E-state index contributed by atoms with van der Waals surface area (Å²) in [6, 6.07) is 4.90. The van der Waals surface area contributed by atoms with Gasteiger partial charge in [-0.3, -0.25) is 4.79 Å². The smallest absolute Gasteiger partial charge is 0.253 e. The van der Waals surface area contributed by atoms with Gasteiger partial charge in [-0.15, -0.1) is 12.4 Å². The molecule has 0 atom stereocenters. The van der Waals surface area contributed by atoms with Crippen molar-refractivity contribution in [3.63, 3.8) is 0 Å². The van der Waals surface area contributed by atoms with Gasteiger partial charge in [-0.1, -0.05) is 0 Å². The second-order valence-corrected chi connectivity index (χ2v) is 5.69. The fraction of sp³-hybridized carbons (Fsp3) is 0.462. The van der Waals surface area contributed by atoms with Gasteiger partial charge in [0.1, 0.15) is 5.82 Å². The zero-order valence-electron chi connectivity index (χ0n) is 10.7. The minimum atomic E-state index is -0.333. The summed E-state index contributed by atoms with van der Waals surface area (Å²) in [4.78, 5) is 14.0. The molecule has 0 radical (unpaired) electrons. The molecule has 0 saturated carbocycles. The lowest BCUT2D eigenvalue weighted by molar-refractivity contribution is 0.0702. The summed E-state index contributed by atoms with van der Waals surface area (Å²) in [5.74, 6) is -0.433. The number of nitrogens with zero attached hydrogens (tertiary/aromatic N) is 1. The van der Waals surface area contributed by atoms with E-state index in [-0.39, 0.29) is 30.2 Å². The molecule has 0 spiro atoms. The molecule has 1 saturated heterocycles. The van der Waals surface area contributed by atoms with Crippen LogP contribution in [-0.4, -0.2) is 37.0 Å². The number of amides is 1. The lowest BCUT2D eigenvalue weighted by Crippen LogP contribution is -2.44. The lowest BCUT2D eigenvalue weighted by atomic mass is 10.0. The predicted molar refractivity (Wildman–Crippen MR) is 84.4 cm³/mol. The second kappa shape index (κ2) is 7.40. The van der Waals surface area contributed by atoms with Crippen molar-refractivity contribution in [2.24, 2.45) is 0 Å². The monoisotopic (exact) mass is 398 g/mol.